The molecule has 1 aromatic heterocycles. The van der Waals surface area contributed by atoms with E-state index in [0.29, 0.717) is 41.8 Å². The number of anilines is 1. The predicted molar refractivity (Wildman–Crippen MR) is 140 cm³/mol. The van der Waals surface area contributed by atoms with E-state index in [9.17, 15) is 4.79 Å². The van der Waals surface area contributed by atoms with Crippen LogP contribution in [0.2, 0.25) is 0 Å². The number of benzene rings is 2. The molecule has 0 spiro atoms. The number of amides is 2. The Kier molecular flexibility index (Phi) is 8.98. The second-order valence-corrected chi connectivity index (χ2v) is 9.83. The lowest BCUT2D eigenvalue weighted by Gasteiger charge is -2.18. The van der Waals surface area contributed by atoms with Gasteiger partial charge in [-0.05, 0) is 54.7 Å². The maximum Gasteiger partial charge on any atom is 0.319 e. The Morgan fingerprint density at radius 2 is 1.82 bits per heavy atom. The fourth-order valence-corrected chi connectivity index (χ4v) is 3.41. The topological polar surface area (TPSA) is 81.7 Å². The summed E-state index contributed by atoms with van der Waals surface area (Å²) in [7, 11) is 1.61. The van der Waals surface area contributed by atoms with Crippen molar-refractivity contribution in [1.29, 1.82) is 0 Å². The zero-order valence-corrected chi connectivity index (χ0v) is 21.7. The number of nitrogens with zero attached hydrogens (tertiary/aromatic N) is 1. The van der Waals surface area contributed by atoms with E-state index >= 15 is 0 Å². The average molecular weight is 530 g/mol. The molecule has 0 aliphatic carbocycles. The van der Waals surface area contributed by atoms with E-state index in [1.807, 2.05) is 30.3 Å². The Morgan fingerprint density at radius 1 is 1.06 bits per heavy atom. The molecule has 0 radical (unpaired) electrons. The molecule has 0 atom stereocenters. The third-order valence-corrected chi connectivity index (χ3v) is 5.58. The summed E-state index contributed by atoms with van der Waals surface area (Å²) in [4.78, 5) is 16.6. The van der Waals surface area contributed by atoms with E-state index in [0.717, 1.165) is 29.1 Å². The van der Waals surface area contributed by atoms with Crippen molar-refractivity contribution < 1.29 is 19.0 Å². The van der Waals surface area contributed by atoms with Crippen LogP contribution in [0.15, 0.2) is 48.7 Å². The average Bonchev–Trinajstić information content (AvgIpc) is 2.79. The van der Waals surface area contributed by atoms with Gasteiger partial charge in [0.05, 0.1) is 19.2 Å². The van der Waals surface area contributed by atoms with E-state index in [2.05, 4.69) is 52.3 Å². The molecule has 0 aliphatic rings. The van der Waals surface area contributed by atoms with Gasteiger partial charge in [0.2, 0.25) is 0 Å². The zero-order chi connectivity index (χ0) is 24.6. The van der Waals surface area contributed by atoms with Gasteiger partial charge in [-0.2, -0.15) is 0 Å². The second kappa shape index (κ2) is 11.9. The van der Waals surface area contributed by atoms with Crippen LogP contribution in [0.4, 0.5) is 10.5 Å². The monoisotopic (exact) mass is 529 g/mol. The summed E-state index contributed by atoms with van der Waals surface area (Å²) in [6.07, 6.45) is 3.49. The van der Waals surface area contributed by atoms with Gasteiger partial charge in [0, 0.05) is 35.2 Å². The molecule has 0 fully saturated rings. The highest BCUT2D eigenvalue weighted by atomic mass is 79.9. The lowest BCUT2D eigenvalue weighted by atomic mass is 9.92. The largest absolute Gasteiger partial charge is 0.493 e. The number of hydrogen-bond acceptors (Lipinski definition) is 5. The normalized spacial score (nSPS) is 11.2. The van der Waals surface area contributed by atoms with Crippen LogP contribution in [-0.4, -0.2) is 36.6 Å². The van der Waals surface area contributed by atoms with Gasteiger partial charge in [-0.15, -0.1) is 0 Å². The van der Waals surface area contributed by atoms with Crippen LogP contribution < -0.4 is 24.8 Å². The van der Waals surface area contributed by atoms with Crippen LogP contribution in [0.3, 0.4) is 0 Å². The van der Waals surface area contributed by atoms with Gasteiger partial charge in [-0.25, -0.2) is 4.79 Å². The molecule has 0 aliphatic heterocycles. The number of rotatable bonds is 10. The fraction of sp³-hybridized carbons (Fsp3) is 0.385. The minimum absolute atomic E-state index is 0.176. The molecule has 0 unspecified atom stereocenters. The number of carbonyl (C=O) groups is 1. The van der Waals surface area contributed by atoms with Crippen molar-refractivity contribution in [3.05, 3.63) is 48.7 Å². The van der Waals surface area contributed by atoms with Crippen molar-refractivity contribution in [2.24, 2.45) is 5.41 Å². The number of hydrogen-bond donors (Lipinski definition) is 2. The van der Waals surface area contributed by atoms with E-state index in [-0.39, 0.29) is 11.4 Å². The first kappa shape index (κ1) is 25.6. The molecular weight excluding hydrogens is 498 g/mol. The molecule has 0 bridgehead atoms. The first-order valence-electron chi connectivity index (χ1n) is 11.3. The van der Waals surface area contributed by atoms with E-state index in [1.54, 1.807) is 25.4 Å². The molecule has 7 nitrogen and oxygen atoms in total. The number of pyridine rings is 1. The maximum absolute atomic E-state index is 12.1. The predicted octanol–water partition coefficient (Wildman–Crippen LogP) is 6.76. The molecule has 2 aromatic carbocycles. The molecule has 34 heavy (non-hydrogen) atoms. The van der Waals surface area contributed by atoms with E-state index in [1.165, 1.54) is 0 Å². The fourth-order valence-electron chi connectivity index (χ4n) is 3.19. The summed E-state index contributed by atoms with van der Waals surface area (Å²) in [6.45, 7) is 7.64. The van der Waals surface area contributed by atoms with Gasteiger partial charge < -0.3 is 24.8 Å². The number of alkyl halides is 1. The smallest absolute Gasteiger partial charge is 0.319 e. The lowest BCUT2D eigenvalue weighted by Crippen LogP contribution is -2.31. The summed E-state index contributed by atoms with van der Waals surface area (Å²) in [5.41, 5.74) is 1.61. The zero-order valence-electron chi connectivity index (χ0n) is 20.1. The standard InChI is InChI=1S/C26H32BrN3O4/c1-26(2,3)11-14-29-25(31)30-18-6-8-19(9-7-18)34-22-10-13-28-21-17-24(33-15-5-12-27)23(32-4)16-20(21)22/h6-10,13,16-17H,5,11-12,14-15H2,1-4H3,(H2,29,30,31). The summed E-state index contributed by atoms with van der Waals surface area (Å²) >= 11 is 3.41. The summed E-state index contributed by atoms with van der Waals surface area (Å²) in [5, 5.41) is 7.41. The minimum atomic E-state index is -0.223. The molecule has 3 aromatic rings. The molecule has 182 valence electrons. The molecular formula is C26H32BrN3O4. The van der Waals surface area contributed by atoms with Crippen LogP contribution in [0.25, 0.3) is 10.9 Å². The Bertz CT molecular complexity index is 1100. The van der Waals surface area contributed by atoms with E-state index < -0.39 is 0 Å². The van der Waals surface area contributed by atoms with Crippen LogP contribution in [0.1, 0.15) is 33.6 Å². The van der Waals surface area contributed by atoms with Crippen LogP contribution >= 0.6 is 15.9 Å². The third-order valence-electron chi connectivity index (χ3n) is 5.02. The quantitative estimate of drug-likeness (QED) is 0.224. The first-order valence-corrected chi connectivity index (χ1v) is 12.4. The van der Waals surface area contributed by atoms with Gasteiger partial charge in [0.1, 0.15) is 11.5 Å². The summed E-state index contributed by atoms with van der Waals surface area (Å²) in [5.74, 6) is 2.56. The molecule has 2 amide bonds. The second-order valence-electron chi connectivity index (χ2n) is 9.04. The number of aromatic nitrogens is 1. The minimum Gasteiger partial charge on any atom is -0.493 e. The molecule has 0 saturated heterocycles. The first-order chi connectivity index (χ1) is 16.3. The number of carbonyl (C=O) groups excluding carboxylic acids is 1. The highest BCUT2D eigenvalue weighted by molar-refractivity contribution is 9.09. The summed E-state index contributed by atoms with van der Waals surface area (Å²) in [6, 6.07) is 12.6. The number of urea groups is 1. The Labute approximate surface area is 209 Å². The van der Waals surface area contributed by atoms with Crippen molar-refractivity contribution in [2.75, 3.05) is 30.9 Å². The van der Waals surface area contributed by atoms with Crippen molar-refractivity contribution in [3.63, 3.8) is 0 Å². The van der Waals surface area contributed by atoms with Crippen molar-refractivity contribution in [3.8, 4) is 23.0 Å². The van der Waals surface area contributed by atoms with Gasteiger partial charge in [0.15, 0.2) is 11.5 Å². The molecule has 3 rings (SSSR count). The van der Waals surface area contributed by atoms with Gasteiger partial charge in [-0.3, -0.25) is 4.98 Å². The SMILES string of the molecule is COc1cc2c(Oc3ccc(NC(=O)NCCC(C)(C)C)cc3)ccnc2cc1OCCCBr. The molecule has 0 saturated carbocycles. The Hall–Kier alpha value is -3.00. The molecule has 8 heteroatoms. The number of halogens is 1. The number of methoxy groups -OCH3 is 1. The van der Waals surface area contributed by atoms with Crippen molar-refractivity contribution in [1.82, 2.24) is 10.3 Å². The Balaban J connectivity index is 1.68. The van der Waals surface area contributed by atoms with Gasteiger partial charge in [0.25, 0.3) is 0 Å². The summed E-state index contributed by atoms with van der Waals surface area (Å²) < 4.78 is 17.5. The maximum atomic E-state index is 12.1. The van der Waals surface area contributed by atoms with Gasteiger partial charge in [-0.1, -0.05) is 36.7 Å². The highest BCUT2D eigenvalue weighted by Crippen LogP contribution is 2.37. The molecule has 1 heterocycles. The van der Waals surface area contributed by atoms with Crippen LogP contribution in [0, 0.1) is 5.41 Å². The van der Waals surface area contributed by atoms with E-state index in [4.69, 9.17) is 14.2 Å². The lowest BCUT2D eigenvalue weighted by molar-refractivity contribution is 0.250. The third kappa shape index (κ3) is 7.52. The van der Waals surface area contributed by atoms with Crippen LogP contribution in [0.5, 0.6) is 23.0 Å². The number of ether oxygens (including phenoxy) is 3. The number of nitrogens with one attached hydrogen (secondary N) is 2. The van der Waals surface area contributed by atoms with Crippen molar-refractivity contribution >= 4 is 38.6 Å². The molecule has 2 N–H and O–H groups in total. The highest BCUT2D eigenvalue weighted by Gasteiger charge is 2.13. The van der Waals surface area contributed by atoms with Crippen molar-refractivity contribution in [2.45, 2.75) is 33.6 Å². The van der Waals surface area contributed by atoms with Crippen LogP contribution in [-0.2, 0) is 0 Å². The Morgan fingerprint density at radius 3 is 2.50 bits per heavy atom. The van der Waals surface area contributed by atoms with Gasteiger partial charge >= 0.3 is 6.03 Å². The number of fused-ring (bicyclic) bond motifs is 1.